The highest BCUT2D eigenvalue weighted by atomic mass is 32.1. The Morgan fingerprint density at radius 1 is 1.38 bits per heavy atom. The predicted octanol–water partition coefficient (Wildman–Crippen LogP) is 1.99. The van der Waals surface area contributed by atoms with Crippen molar-refractivity contribution in [3.63, 3.8) is 0 Å². The molecule has 0 fully saturated rings. The van der Waals surface area contributed by atoms with Crippen LogP contribution < -0.4 is 10.9 Å². The number of thiazole rings is 1. The van der Waals surface area contributed by atoms with E-state index in [0.717, 1.165) is 11.1 Å². The van der Waals surface area contributed by atoms with Crippen LogP contribution in [0.15, 0.2) is 46.8 Å². The molecule has 0 aliphatic heterocycles. The second-order valence-corrected chi connectivity index (χ2v) is 5.51. The first kappa shape index (κ1) is 13.5. The minimum atomic E-state index is -0.406. The van der Waals surface area contributed by atoms with Crippen LogP contribution in [0.4, 0.5) is 0 Å². The van der Waals surface area contributed by atoms with Crippen LogP contribution in [0.2, 0.25) is 0 Å². The monoisotopic (exact) mass is 299 g/mol. The summed E-state index contributed by atoms with van der Waals surface area (Å²) in [6.07, 6.45) is 2.95. The van der Waals surface area contributed by atoms with Gasteiger partial charge in [-0.05, 0) is 18.1 Å². The molecule has 21 heavy (non-hydrogen) atoms. The summed E-state index contributed by atoms with van der Waals surface area (Å²) in [5, 5.41) is 4.53. The fraction of sp³-hybridized carbons (Fsp3) is 0.133. The zero-order valence-corrected chi connectivity index (χ0v) is 12.2. The zero-order chi connectivity index (χ0) is 14.8. The highest BCUT2D eigenvalue weighted by Gasteiger charge is 2.13. The van der Waals surface area contributed by atoms with Gasteiger partial charge in [0.25, 0.3) is 11.5 Å². The molecule has 0 aliphatic rings. The van der Waals surface area contributed by atoms with Gasteiger partial charge in [0.15, 0.2) is 4.96 Å². The molecule has 2 heterocycles. The number of nitrogens with zero attached hydrogens (tertiary/aromatic N) is 2. The first-order valence-electron chi connectivity index (χ1n) is 6.44. The number of carbonyl (C=O) groups excluding carboxylic acids is 1. The summed E-state index contributed by atoms with van der Waals surface area (Å²) >= 11 is 1.35. The van der Waals surface area contributed by atoms with Crippen molar-refractivity contribution in [2.45, 2.75) is 13.5 Å². The van der Waals surface area contributed by atoms with Crippen LogP contribution in [-0.2, 0) is 6.54 Å². The standard InChI is InChI=1S/C15H13N3O2S/c1-10-4-2-3-5-11(10)8-16-13(19)12-9-17-15-18(14(12)20)6-7-21-15/h2-7,9H,8H2,1H3,(H,16,19). The molecule has 106 valence electrons. The molecule has 0 aliphatic carbocycles. The quantitative estimate of drug-likeness (QED) is 0.804. The Hall–Kier alpha value is -2.47. The fourth-order valence-corrected chi connectivity index (χ4v) is 2.73. The molecule has 3 aromatic rings. The smallest absolute Gasteiger partial charge is 0.271 e. The second-order valence-electron chi connectivity index (χ2n) is 4.64. The normalized spacial score (nSPS) is 10.7. The maximum Gasteiger partial charge on any atom is 0.271 e. The third-order valence-electron chi connectivity index (χ3n) is 3.29. The summed E-state index contributed by atoms with van der Waals surface area (Å²) < 4.78 is 1.38. The Bertz CT molecular complexity index is 866. The lowest BCUT2D eigenvalue weighted by Gasteiger charge is -2.07. The molecular formula is C15H13N3O2S. The van der Waals surface area contributed by atoms with Gasteiger partial charge in [-0.1, -0.05) is 24.3 Å². The Balaban J connectivity index is 1.83. The number of carbonyl (C=O) groups is 1. The lowest BCUT2D eigenvalue weighted by Crippen LogP contribution is -2.31. The number of benzene rings is 1. The van der Waals surface area contributed by atoms with Gasteiger partial charge < -0.3 is 5.32 Å². The minimum Gasteiger partial charge on any atom is -0.348 e. The van der Waals surface area contributed by atoms with E-state index in [0.29, 0.717) is 11.5 Å². The molecule has 0 radical (unpaired) electrons. The number of nitrogens with one attached hydrogen (secondary N) is 1. The van der Waals surface area contributed by atoms with Gasteiger partial charge in [0.1, 0.15) is 5.56 Å². The van der Waals surface area contributed by atoms with E-state index in [2.05, 4.69) is 10.3 Å². The number of hydrogen-bond donors (Lipinski definition) is 1. The first-order chi connectivity index (χ1) is 10.2. The number of aromatic nitrogens is 2. The number of hydrogen-bond acceptors (Lipinski definition) is 4. The van der Waals surface area contributed by atoms with Crippen molar-refractivity contribution in [3.05, 3.63) is 69.1 Å². The van der Waals surface area contributed by atoms with Crippen molar-refractivity contribution in [1.82, 2.24) is 14.7 Å². The third-order valence-corrected chi connectivity index (χ3v) is 4.06. The van der Waals surface area contributed by atoms with Gasteiger partial charge in [0, 0.05) is 24.3 Å². The average Bonchev–Trinajstić information content (AvgIpc) is 2.96. The minimum absolute atomic E-state index is 0.0551. The van der Waals surface area contributed by atoms with Crippen LogP contribution in [-0.4, -0.2) is 15.3 Å². The Morgan fingerprint density at radius 2 is 2.19 bits per heavy atom. The molecule has 3 rings (SSSR count). The maximum absolute atomic E-state index is 12.2. The van der Waals surface area contributed by atoms with Gasteiger partial charge in [0.2, 0.25) is 0 Å². The van der Waals surface area contributed by atoms with Gasteiger partial charge in [-0.3, -0.25) is 14.0 Å². The van der Waals surface area contributed by atoms with Gasteiger partial charge in [-0.25, -0.2) is 4.98 Å². The van der Waals surface area contributed by atoms with Crippen molar-refractivity contribution in [2.24, 2.45) is 0 Å². The van der Waals surface area contributed by atoms with Crippen molar-refractivity contribution < 1.29 is 4.79 Å². The largest absolute Gasteiger partial charge is 0.348 e. The first-order valence-corrected chi connectivity index (χ1v) is 7.32. The van der Waals surface area contributed by atoms with Crippen molar-refractivity contribution in [3.8, 4) is 0 Å². The highest BCUT2D eigenvalue weighted by molar-refractivity contribution is 7.15. The highest BCUT2D eigenvalue weighted by Crippen LogP contribution is 2.08. The average molecular weight is 299 g/mol. The van der Waals surface area contributed by atoms with E-state index in [4.69, 9.17) is 0 Å². The van der Waals surface area contributed by atoms with E-state index in [1.54, 1.807) is 11.6 Å². The third kappa shape index (κ3) is 2.57. The molecule has 0 spiro atoms. The van der Waals surface area contributed by atoms with Crippen LogP contribution in [0.25, 0.3) is 4.96 Å². The lowest BCUT2D eigenvalue weighted by atomic mass is 10.1. The molecule has 6 heteroatoms. The van der Waals surface area contributed by atoms with Crippen LogP contribution in [0.5, 0.6) is 0 Å². The fourth-order valence-electron chi connectivity index (χ4n) is 2.06. The Labute approximate surface area is 124 Å². The van der Waals surface area contributed by atoms with Crippen molar-refractivity contribution in [1.29, 1.82) is 0 Å². The predicted molar refractivity (Wildman–Crippen MR) is 81.7 cm³/mol. The summed E-state index contributed by atoms with van der Waals surface area (Å²) in [6, 6.07) is 7.79. The molecule has 1 aromatic carbocycles. The molecule has 0 bridgehead atoms. The number of amides is 1. The van der Waals surface area contributed by atoms with Crippen LogP contribution in [0.3, 0.4) is 0 Å². The number of fused-ring (bicyclic) bond motifs is 1. The van der Waals surface area contributed by atoms with E-state index < -0.39 is 5.91 Å². The Kier molecular flexibility index (Phi) is 3.53. The topological polar surface area (TPSA) is 63.5 Å². The summed E-state index contributed by atoms with van der Waals surface area (Å²) in [5.74, 6) is -0.406. The molecule has 5 nitrogen and oxygen atoms in total. The maximum atomic E-state index is 12.2. The zero-order valence-electron chi connectivity index (χ0n) is 11.4. The van der Waals surface area contributed by atoms with Gasteiger partial charge in [0.05, 0.1) is 0 Å². The van der Waals surface area contributed by atoms with E-state index >= 15 is 0 Å². The van der Waals surface area contributed by atoms with Crippen molar-refractivity contribution in [2.75, 3.05) is 0 Å². The van der Waals surface area contributed by atoms with E-state index in [1.807, 2.05) is 31.2 Å². The molecular weight excluding hydrogens is 286 g/mol. The molecule has 2 aromatic heterocycles. The summed E-state index contributed by atoms with van der Waals surface area (Å²) in [4.78, 5) is 29.0. The number of rotatable bonds is 3. The molecule has 0 saturated heterocycles. The lowest BCUT2D eigenvalue weighted by molar-refractivity contribution is 0.0949. The SMILES string of the molecule is Cc1ccccc1CNC(=O)c1cnc2sccn2c1=O. The molecule has 0 unspecified atom stereocenters. The molecule has 1 amide bonds. The summed E-state index contributed by atoms with van der Waals surface area (Å²) in [5.41, 5.74) is 1.83. The second kappa shape index (κ2) is 5.49. The van der Waals surface area contributed by atoms with E-state index in [9.17, 15) is 9.59 Å². The molecule has 0 atom stereocenters. The summed E-state index contributed by atoms with van der Waals surface area (Å²) in [7, 11) is 0. The van der Waals surface area contributed by atoms with E-state index in [-0.39, 0.29) is 11.1 Å². The number of aryl methyl sites for hydroxylation is 1. The summed E-state index contributed by atoms with van der Waals surface area (Å²) in [6.45, 7) is 2.37. The van der Waals surface area contributed by atoms with E-state index in [1.165, 1.54) is 21.9 Å². The van der Waals surface area contributed by atoms with Crippen molar-refractivity contribution >= 4 is 22.2 Å². The van der Waals surface area contributed by atoms with Gasteiger partial charge in [-0.2, -0.15) is 0 Å². The molecule has 1 N–H and O–H groups in total. The Morgan fingerprint density at radius 3 is 3.00 bits per heavy atom. The van der Waals surface area contributed by atoms with Gasteiger partial charge >= 0.3 is 0 Å². The van der Waals surface area contributed by atoms with Crippen LogP contribution in [0.1, 0.15) is 21.5 Å². The molecule has 0 saturated carbocycles. The van der Waals surface area contributed by atoms with Gasteiger partial charge in [-0.15, -0.1) is 11.3 Å². The van der Waals surface area contributed by atoms with Crippen LogP contribution >= 0.6 is 11.3 Å². The van der Waals surface area contributed by atoms with Crippen LogP contribution in [0, 0.1) is 6.92 Å².